The van der Waals surface area contributed by atoms with Crippen LogP contribution in [0.25, 0.3) is 0 Å². The zero-order chi connectivity index (χ0) is 30.7. The Balaban J connectivity index is 1.45. The molecule has 1 spiro atoms. The summed E-state index contributed by atoms with van der Waals surface area (Å²) in [6.07, 6.45) is 3.84. The lowest BCUT2D eigenvalue weighted by atomic mass is 9.48. The van der Waals surface area contributed by atoms with Crippen LogP contribution in [0.4, 0.5) is 0 Å². The molecule has 1 saturated carbocycles. The van der Waals surface area contributed by atoms with E-state index in [1.807, 2.05) is 48.2 Å². The minimum absolute atomic E-state index is 0.108. The van der Waals surface area contributed by atoms with Crippen molar-refractivity contribution in [2.75, 3.05) is 19.6 Å². The normalized spacial score (nSPS) is 28.3. The van der Waals surface area contributed by atoms with Gasteiger partial charge < -0.3 is 19.5 Å². The van der Waals surface area contributed by atoms with E-state index in [1.54, 1.807) is 0 Å². The third-order valence-electron chi connectivity index (χ3n) is 10.2. The van der Waals surface area contributed by atoms with Crippen LogP contribution in [0.2, 0.25) is 0 Å². The van der Waals surface area contributed by atoms with E-state index >= 15 is 0 Å². The molecule has 0 radical (unpaired) electrons. The predicted molar refractivity (Wildman–Crippen MR) is 165 cm³/mol. The molecule has 2 aromatic carbocycles. The SMILES string of the molecule is C=CCN1CC[C@]23c4c5ccc(OC(C)=O)c4O[C@H]2[C@H](N(CC(C)C)C(=O)C#Cc2ccc(C)c(C)c2)CC[C@@]3(O)[C@H]1C5. The Hall–Kier alpha value is -3.60. The van der Waals surface area contributed by atoms with E-state index in [0.717, 1.165) is 28.8 Å². The van der Waals surface area contributed by atoms with Gasteiger partial charge in [0.2, 0.25) is 0 Å². The number of carbonyl (C=O) groups is 2. The van der Waals surface area contributed by atoms with E-state index in [-0.39, 0.29) is 23.9 Å². The van der Waals surface area contributed by atoms with Gasteiger partial charge in [-0.15, -0.1) is 6.58 Å². The maximum Gasteiger partial charge on any atom is 0.308 e. The van der Waals surface area contributed by atoms with Crippen LogP contribution in [0.15, 0.2) is 43.0 Å². The molecule has 2 fully saturated rings. The highest BCUT2D eigenvalue weighted by Crippen LogP contribution is 2.66. The molecule has 43 heavy (non-hydrogen) atoms. The lowest BCUT2D eigenvalue weighted by molar-refractivity contribution is -0.199. The number of aliphatic hydroxyl groups is 1. The van der Waals surface area contributed by atoms with Crippen molar-refractivity contribution in [3.63, 3.8) is 0 Å². The van der Waals surface area contributed by atoms with Crippen molar-refractivity contribution < 1.29 is 24.2 Å². The van der Waals surface area contributed by atoms with E-state index in [0.29, 0.717) is 50.3 Å². The molecule has 1 amide bonds. The minimum Gasteiger partial charge on any atom is -0.483 e. The minimum atomic E-state index is -1.07. The van der Waals surface area contributed by atoms with Crippen molar-refractivity contribution in [2.24, 2.45) is 5.92 Å². The van der Waals surface area contributed by atoms with E-state index in [1.165, 1.54) is 12.5 Å². The van der Waals surface area contributed by atoms with E-state index in [4.69, 9.17) is 9.47 Å². The van der Waals surface area contributed by atoms with Crippen LogP contribution in [-0.2, 0) is 21.4 Å². The number of aryl methyl sites for hydroxylation is 2. The Morgan fingerprint density at radius 3 is 2.72 bits per heavy atom. The van der Waals surface area contributed by atoms with Gasteiger partial charge in [0, 0.05) is 43.1 Å². The zero-order valence-electron chi connectivity index (χ0n) is 25.9. The summed E-state index contributed by atoms with van der Waals surface area (Å²) in [6, 6.07) is 9.39. The second kappa shape index (κ2) is 10.8. The highest BCUT2D eigenvalue weighted by Gasteiger charge is 2.73. The second-order valence-electron chi connectivity index (χ2n) is 13.2. The Kier molecular flexibility index (Phi) is 7.43. The number of piperidine rings is 1. The Labute approximate surface area is 254 Å². The number of nitrogens with zero attached hydrogens (tertiary/aromatic N) is 2. The second-order valence-corrected chi connectivity index (χ2v) is 13.2. The quantitative estimate of drug-likeness (QED) is 0.234. The topological polar surface area (TPSA) is 79.3 Å². The molecule has 1 saturated heterocycles. The summed E-state index contributed by atoms with van der Waals surface area (Å²) in [6.45, 7) is 15.6. The standard InChI is InChI=1S/C36H42N2O5/c1-7-17-37-18-16-35-32-27-11-12-29(42-25(6)39)33(32)43-34(35)28(14-15-36(35,41)30(37)20-27)38(21-22(2)3)31(40)13-10-26-9-8-23(4)24(5)19-26/h7-9,11-12,19,22,28,30,34,41H,1,14-18,20-21H2,2-6H3/t28-,30-,34+,35+,36-/m1/s1. The largest absolute Gasteiger partial charge is 0.483 e. The molecule has 5 atom stereocenters. The smallest absolute Gasteiger partial charge is 0.308 e. The highest BCUT2D eigenvalue weighted by molar-refractivity contribution is 5.94. The fourth-order valence-corrected chi connectivity index (χ4v) is 8.31. The molecule has 7 heteroatoms. The van der Waals surface area contributed by atoms with Gasteiger partial charge in [-0.1, -0.05) is 38.0 Å². The Morgan fingerprint density at radius 2 is 2.02 bits per heavy atom. The number of hydrogen-bond acceptors (Lipinski definition) is 6. The maximum atomic E-state index is 14.0. The lowest BCUT2D eigenvalue weighted by Crippen LogP contribution is -2.78. The summed E-state index contributed by atoms with van der Waals surface area (Å²) in [5.41, 5.74) is 3.37. The number of hydrogen-bond donors (Lipinski definition) is 1. The third-order valence-corrected chi connectivity index (χ3v) is 10.2. The van der Waals surface area contributed by atoms with Gasteiger partial charge in [0.15, 0.2) is 11.5 Å². The molecule has 1 N–H and O–H groups in total. The number of carbonyl (C=O) groups excluding carboxylic acids is 2. The zero-order valence-corrected chi connectivity index (χ0v) is 25.9. The van der Waals surface area contributed by atoms with Gasteiger partial charge in [-0.2, -0.15) is 0 Å². The van der Waals surface area contributed by atoms with Gasteiger partial charge >= 0.3 is 5.97 Å². The monoisotopic (exact) mass is 582 g/mol. The number of esters is 1. The van der Waals surface area contributed by atoms with Crippen molar-refractivity contribution in [2.45, 2.75) is 89.5 Å². The average Bonchev–Trinajstić information content (AvgIpc) is 3.30. The fraction of sp³-hybridized carbons (Fsp3) is 0.500. The molecule has 2 heterocycles. The summed E-state index contributed by atoms with van der Waals surface area (Å²) < 4.78 is 12.5. The van der Waals surface area contributed by atoms with Crippen LogP contribution in [0.5, 0.6) is 11.5 Å². The van der Waals surface area contributed by atoms with Crippen LogP contribution >= 0.6 is 0 Å². The fourth-order valence-electron chi connectivity index (χ4n) is 8.31. The average molecular weight is 583 g/mol. The molecule has 4 aliphatic rings. The van der Waals surface area contributed by atoms with Gasteiger partial charge in [-0.25, -0.2) is 0 Å². The molecule has 7 nitrogen and oxygen atoms in total. The van der Waals surface area contributed by atoms with Gasteiger partial charge in [-0.3, -0.25) is 14.5 Å². The van der Waals surface area contributed by atoms with Gasteiger partial charge in [-0.05, 0) is 86.9 Å². The molecular weight excluding hydrogens is 540 g/mol. The van der Waals surface area contributed by atoms with Gasteiger partial charge in [0.1, 0.15) is 6.10 Å². The van der Waals surface area contributed by atoms with Gasteiger partial charge in [0.05, 0.1) is 17.1 Å². The molecule has 2 bridgehead atoms. The Bertz CT molecular complexity index is 1550. The molecular formula is C36H42N2O5. The third kappa shape index (κ3) is 4.58. The Morgan fingerprint density at radius 1 is 1.23 bits per heavy atom. The molecule has 2 aliphatic carbocycles. The number of amides is 1. The first-order chi connectivity index (χ1) is 20.5. The molecule has 226 valence electrons. The van der Waals surface area contributed by atoms with Crippen LogP contribution in [0.3, 0.4) is 0 Å². The van der Waals surface area contributed by atoms with Crippen molar-refractivity contribution in [3.8, 4) is 23.3 Å². The summed E-state index contributed by atoms with van der Waals surface area (Å²) >= 11 is 0. The number of benzene rings is 2. The number of likely N-dealkylation sites (tertiary alicyclic amines) is 1. The first kappa shape index (κ1) is 29.5. The summed E-state index contributed by atoms with van der Waals surface area (Å²) in [5, 5.41) is 12.8. The van der Waals surface area contributed by atoms with E-state index < -0.39 is 23.1 Å². The van der Waals surface area contributed by atoms with E-state index in [2.05, 4.69) is 44.1 Å². The molecule has 6 rings (SSSR count). The van der Waals surface area contributed by atoms with Crippen molar-refractivity contribution in [1.82, 2.24) is 9.80 Å². The van der Waals surface area contributed by atoms with Crippen LogP contribution in [0, 0.1) is 31.6 Å². The van der Waals surface area contributed by atoms with Crippen molar-refractivity contribution >= 4 is 11.9 Å². The number of ether oxygens (including phenoxy) is 2. The van der Waals surface area contributed by atoms with Crippen LogP contribution in [-0.4, -0.2) is 70.2 Å². The predicted octanol–water partition coefficient (Wildman–Crippen LogP) is 4.47. The molecule has 0 aromatic heterocycles. The lowest BCUT2D eigenvalue weighted by Gasteiger charge is -2.64. The summed E-state index contributed by atoms with van der Waals surface area (Å²) in [7, 11) is 0. The number of rotatable bonds is 6. The summed E-state index contributed by atoms with van der Waals surface area (Å²) in [4.78, 5) is 30.3. The van der Waals surface area contributed by atoms with Crippen molar-refractivity contribution in [1.29, 1.82) is 0 Å². The van der Waals surface area contributed by atoms with Gasteiger partial charge in [0.25, 0.3) is 5.91 Å². The first-order valence-electron chi connectivity index (χ1n) is 15.5. The van der Waals surface area contributed by atoms with Crippen LogP contribution in [0.1, 0.15) is 67.9 Å². The maximum absolute atomic E-state index is 14.0. The molecule has 2 aromatic rings. The van der Waals surface area contributed by atoms with Crippen molar-refractivity contribution in [3.05, 3.63) is 70.8 Å². The molecule has 2 aliphatic heterocycles. The molecule has 0 unspecified atom stereocenters. The first-order valence-corrected chi connectivity index (χ1v) is 15.5. The van der Waals surface area contributed by atoms with E-state index in [9.17, 15) is 14.7 Å². The summed E-state index contributed by atoms with van der Waals surface area (Å²) in [5.74, 6) is 6.50. The van der Waals surface area contributed by atoms with Crippen LogP contribution < -0.4 is 9.47 Å². The highest BCUT2D eigenvalue weighted by atomic mass is 16.6.